The Hall–Kier alpha value is -2.33. The van der Waals surface area contributed by atoms with Crippen molar-refractivity contribution in [2.45, 2.75) is 6.42 Å². The normalized spacial score (nSPS) is 9.50. The molecule has 0 heterocycles. The van der Waals surface area contributed by atoms with E-state index in [2.05, 4.69) is 30.3 Å². The van der Waals surface area contributed by atoms with Gasteiger partial charge in [-0.1, -0.05) is 66.7 Å². The highest BCUT2D eigenvalue weighted by Crippen LogP contribution is 2.23. The van der Waals surface area contributed by atoms with E-state index in [1.807, 2.05) is 48.9 Å². The third-order valence-electron chi connectivity index (χ3n) is 2.66. The van der Waals surface area contributed by atoms with Gasteiger partial charge in [-0.2, -0.15) is 5.26 Å². The summed E-state index contributed by atoms with van der Waals surface area (Å²) in [6.07, 6.45) is 4.35. The molecule has 0 unspecified atom stereocenters. The molecule has 0 saturated heterocycles. The number of hydrogen-bond donors (Lipinski definition) is 0. The first kappa shape index (κ1) is 12.1. The van der Waals surface area contributed by atoms with Crippen molar-refractivity contribution in [3.8, 4) is 6.07 Å². The number of unbranched alkanes of at least 4 members (excludes halogenated alkanes) is 1. The van der Waals surface area contributed by atoms with Gasteiger partial charge in [0.1, 0.15) is 0 Å². The number of benzene rings is 2. The quantitative estimate of drug-likeness (QED) is 0.723. The van der Waals surface area contributed by atoms with E-state index in [1.165, 1.54) is 0 Å². The second-order valence-corrected chi connectivity index (χ2v) is 3.91. The van der Waals surface area contributed by atoms with E-state index in [1.54, 1.807) is 0 Å². The Balaban J connectivity index is 2.36. The Morgan fingerprint density at radius 1 is 0.889 bits per heavy atom. The van der Waals surface area contributed by atoms with E-state index < -0.39 is 0 Å². The Kier molecular flexibility index (Phi) is 4.33. The molecule has 0 N–H and O–H groups in total. The van der Waals surface area contributed by atoms with E-state index in [4.69, 9.17) is 5.26 Å². The Labute approximate surface area is 108 Å². The largest absolute Gasteiger partial charge is 0.198 e. The zero-order chi connectivity index (χ0) is 12.6. The molecule has 0 aromatic heterocycles. The fourth-order valence-corrected chi connectivity index (χ4v) is 1.82. The van der Waals surface area contributed by atoms with Crippen molar-refractivity contribution < 1.29 is 0 Å². The van der Waals surface area contributed by atoms with Crippen molar-refractivity contribution in [2.75, 3.05) is 0 Å². The minimum atomic E-state index is 0.434. The summed E-state index contributed by atoms with van der Waals surface area (Å²) in [5.74, 6) is 0. The van der Waals surface area contributed by atoms with E-state index >= 15 is 0 Å². The number of nitrogens with zero attached hydrogens (tertiary/aromatic N) is 1. The molecule has 0 bridgehead atoms. The van der Waals surface area contributed by atoms with Crippen LogP contribution in [0, 0.1) is 17.8 Å². The van der Waals surface area contributed by atoms with Gasteiger partial charge >= 0.3 is 0 Å². The zero-order valence-electron chi connectivity index (χ0n) is 10.1. The number of rotatable bonds is 4. The summed E-state index contributed by atoms with van der Waals surface area (Å²) in [5, 5.41) is 8.61. The standard InChI is InChI=1S/C17H14N/c18-14-8-7-13-17(15-9-3-1-4-10-15)16-11-5-2-6-12-16/h1-7,9-13H,8H2. The first-order chi connectivity index (χ1) is 8.92. The summed E-state index contributed by atoms with van der Waals surface area (Å²) in [7, 11) is 0. The fraction of sp³-hybridized carbons (Fsp3) is 0.0588. The van der Waals surface area contributed by atoms with Crippen LogP contribution in [0.2, 0.25) is 0 Å². The van der Waals surface area contributed by atoms with Gasteiger partial charge in [0.25, 0.3) is 0 Å². The van der Waals surface area contributed by atoms with Gasteiger partial charge in [-0.05, 0) is 23.1 Å². The molecule has 2 aromatic rings. The lowest BCUT2D eigenvalue weighted by molar-refractivity contribution is 1.28. The monoisotopic (exact) mass is 232 g/mol. The summed E-state index contributed by atoms with van der Waals surface area (Å²) >= 11 is 0. The van der Waals surface area contributed by atoms with Gasteiger partial charge in [-0.3, -0.25) is 0 Å². The van der Waals surface area contributed by atoms with E-state index in [-0.39, 0.29) is 0 Å². The predicted molar refractivity (Wildman–Crippen MR) is 74.5 cm³/mol. The van der Waals surface area contributed by atoms with Crippen molar-refractivity contribution >= 4 is 5.57 Å². The Morgan fingerprint density at radius 2 is 1.39 bits per heavy atom. The maximum atomic E-state index is 8.61. The second-order valence-electron chi connectivity index (χ2n) is 3.91. The van der Waals surface area contributed by atoms with Crippen molar-refractivity contribution in [1.29, 1.82) is 5.26 Å². The van der Waals surface area contributed by atoms with Gasteiger partial charge in [0, 0.05) is 6.42 Å². The molecular formula is C17H14N. The lowest BCUT2D eigenvalue weighted by Gasteiger charge is -2.08. The van der Waals surface area contributed by atoms with Crippen molar-refractivity contribution in [2.24, 2.45) is 0 Å². The first-order valence-corrected chi connectivity index (χ1v) is 5.93. The van der Waals surface area contributed by atoms with Crippen LogP contribution in [-0.4, -0.2) is 0 Å². The Morgan fingerprint density at radius 3 is 1.83 bits per heavy atom. The average Bonchev–Trinajstić information content (AvgIpc) is 2.46. The molecule has 0 aliphatic heterocycles. The number of nitriles is 1. The molecule has 2 aromatic carbocycles. The molecule has 1 heteroatoms. The highest BCUT2D eigenvalue weighted by Gasteiger charge is 2.03. The summed E-state index contributed by atoms with van der Waals surface area (Å²) in [5.41, 5.74) is 3.47. The van der Waals surface area contributed by atoms with Gasteiger partial charge < -0.3 is 0 Å². The van der Waals surface area contributed by atoms with Gasteiger partial charge in [0.05, 0.1) is 6.07 Å². The van der Waals surface area contributed by atoms with Crippen LogP contribution >= 0.6 is 0 Å². The van der Waals surface area contributed by atoms with E-state index in [9.17, 15) is 0 Å². The summed E-state index contributed by atoms with van der Waals surface area (Å²) in [6, 6.07) is 22.6. The van der Waals surface area contributed by atoms with Crippen molar-refractivity contribution in [3.63, 3.8) is 0 Å². The van der Waals surface area contributed by atoms with Crippen LogP contribution in [0.4, 0.5) is 0 Å². The maximum absolute atomic E-state index is 8.61. The van der Waals surface area contributed by atoms with Gasteiger partial charge in [0.2, 0.25) is 0 Å². The third-order valence-corrected chi connectivity index (χ3v) is 2.66. The summed E-state index contributed by atoms with van der Waals surface area (Å²) < 4.78 is 0. The molecule has 0 aliphatic carbocycles. The molecule has 2 rings (SSSR count). The molecule has 1 radical (unpaired) electrons. The first-order valence-electron chi connectivity index (χ1n) is 5.93. The van der Waals surface area contributed by atoms with Crippen molar-refractivity contribution in [1.82, 2.24) is 0 Å². The van der Waals surface area contributed by atoms with Crippen LogP contribution < -0.4 is 0 Å². The highest BCUT2D eigenvalue weighted by molar-refractivity contribution is 5.80. The van der Waals surface area contributed by atoms with Crippen LogP contribution in [0.3, 0.4) is 0 Å². The van der Waals surface area contributed by atoms with Crippen LogP contribution in [0.25, 0.3) is 5.57 Å². The summed E-state index contributed by atoms with van der Waals surface area (Å²) in [4.78, 5) is 0. The molecule has 0 amide bonds. The topological polar surface area (TPSA) is 23.8 Å². The van der Waals surface area contributed by atoms with Gasteiger partial charge in [-0.25, -0.2) is 0 Å². The molecular weight excluding hydrogens is 218 g/mol. The molecule has 1 nitrogen and oxygen atoms in total. The van der Waals surface area contributed by atoms with Crippen LogP contribution in [0.15, 0.2) is 66.7 Å². The van der Waals surface area contributed by atoms with E-state index in [0.717, 1.165) is 16.7 Å². The predicted octanol–water partition coefficient (Wildman–Crippen LogP) is 4.24. The number of hydrogen-bond acceptors (Lipinski definition) is 1. The van der Waals surface area contributed by atoms with E-state index in [0.29, 0.717) is 6.42 Å². The molecule has 0 saturated carbocycles. The molecule has 0 fully saturated rings. The molecule has 0 spiro atoms. The SMILES string of the molecule is N#CC[CH]C=C(c1ccccc1)c1ccccc1. The van der Waals surface area contributed by atoms with Crippen LogP contribution in [0.5, 0.6) is 0 Å². The van der Waals surface area contributed by atoms with Gasteiger partial charge in [0.15, 0.2) is 0 Å². The van der Waals surface area contributed by atoms with Gasteiger partial charge in [-0.15, -0.1) is 0 Å². The number of allylic oxidation sites excluding steroid dienone is 1. The smallest absolute Gasteiger partial charge is 0.0628 e. The second kappa shape index (κ2) is 6.42. The molecule has 87 valence electrons. The molecule has 18 heavy (non-hydrogen) atoms. The fourth-order valence-electron chi connectivity index (χ4n) is 1.82. The highest BCUT2D eigenvalue weighted by atomic mass is 14.2. The average molecular weight is 232 g/mol. The minimum absolute atomic E-state index is 0.434. The molecule has 0 atom stereocenters. The van der Waals surface area contributed by atoms with Crippen LogP contribution in [0.1, 0.15) is 17.5 Å². The lowest BCUT2D eigenvalue weighted by Crippen LogP contribution is -1.87. The molecule has 0 aliphatic rings. The summed E-state index contributed by atoms with van der Waals surface area (Å²) in [6.45, 7) is 0. The van der Waals surface area contributed by atoms with Crippen LogP contribution in [-0.2, 0) is 0 Å². The van der Waals surface area contributed by atoms with Crippen molar-refractivity contribution in [3.05, 3.63) is 84.3 Å². The minimum Gasteiger partial charge on any atom is -0.198 e. The maximum Gasteiger partial charge on any atom is 0.0628 e. The zero-order valence-corrected chi connectivity index (χ0v) is 10.1. The third kappa shape index (κ3) is 3.09. The lowest BCUT2D eigenvalue weighted by atomic mass is 9.97. The Bertz CT molecular complexity index is 506.